The van der Waals surface area contributed by atoms with Crippen molar-refractivity contribution in [2.75, 3.05) is 4.90 Å². The van der Waals surface area contributed by atoms with Crippen molar-refractivity contribution in [3.63, 3.8) is 0 Å². The van der Waals surface area contributed by atoms with E-state index < -0.39 is 0 Å². The number of hydrogen-bond acceptors (Lipinski definition) is 2. The summed E-state index contributed by atoms with van der Waals surface area (Å²) in [6.07, 6.45) is 0.104. The molecule has 1 amide bonds. The number of fused-ring (bicyclic) bond motifs is 3. The average Bonchev–Trinajstić information content (AvgIpc) is 2.66. The number of hydrogen-bond donors (Lipinski definition) is 1. The van der Waals surface area contributed by atoms with E-state index in [1.807, 2.05) is 13.0 Å². The van der Waals surface area contributed by atoms with Crippen LogP contribution in [0.25, 0.3) is 0 Å². The summed E-state index contributed by atoms with van der Waals surface area (Å²) in [5.41, 5.74) is 2.51. The first-order valence-electron chi connectivity index (χ1n) is 5.71. The van der Waals surface area contributed by atoms with Gasteiger partial charge in [-0.15, -0.1) is 0 Å². The lowest BCUT2D eigenvalue weighted by Gasteiger charge is -2.28. The molecule has 2 aliphatic heterocycles. The predicted molar refractivity (Wildman–Crippen MR) is 63.3 cm³/mol. The average molecular weight is 216 g/mol. The summed E-state index contributed by atoms with van der Waals surface area (Å²) in [5.74, 6) is 0.132. The van der Waals surface area contributed by atoms with Gasteiger partial charge in [0.1, 0.15) is 12.2 Å². The number of para-hydroxylation sites is 1. The number of benzene rings is 1. The third-order valence-corrected chi connectivity index (χ3v) is 3.91. The first kappa shape index (κ1) is 9.70. The van der Waals surface area contributed by atoms with Crippen LogP contribution in [0.3, 0.4) is 0 Å². The van der Waals surface area contributed by atoms with Crippen molar-refractivity contribution in [2.24, 2.45) is 0 Å². The maximum Gasteiger partial charge on any atom is 0.244 e. The van der Waals surface area contributed by atoms with Gasteiger partial charge in [0.05, 0.1) is 0 Å². The number of nitrogens with one attached hydrogen (secondary N) is 1. The minimum absolute atomic E-state index is 0.0169. The van der Waals surface area contributed by atoms with Crippen molar-refractivity contribution < 1.29 is 4.79 Å². The Morgan fingerprint density at radius 3 is 2.75 bits per heavy atom. The summed E-state index contributed by atoms with van der Waals surface area (Å²) >= 11 is 0. The van der Waals surface area contributed by atoms with Crippen LogP contribution in [-0.2, 0) is 10.2 Å². The summed E-state index contributed by atoms with van der Waals surface area (Å²) in [6.45, 7) is 6.34. The van der Waals surface area contributed by atoms with Gasteiger partial charge in [-0.3, -0.25) is 4.79 Å². The molecule has 2 aliphatic rings. The van der Waals surface area contributed by atoms with E-state index in [1.54, 1.807) is 0 Å². The second-order valence-corrected chi connectivity index (χ2v) is 5.23. The molecule has 1 aromatic carbocycles. The largest absolute Gasteiger partial charge is 0.338 e. The molecular formula is C13H16N2O. The zero-order chi connectivity index (χ0) is 11.5. The molecule has 3 nitrogen and oxygen atoms in total. The molecule has 16 heavy (non-hydrogen) atoms. The maximum atomic E-state index is 11.7. The van der Waals surface area contributed by atoms with Crippen LogP contribution >= 0.6 is 0 Å². The Labute approximate surface area is 95.4 Å². The highest BCUT2D eigenvalue weighted by Crippen LogP contribution is 2.46. The van der Waals surface area contributed by atoms with E-state index in [1.165, 1.54) is 11.3 Å². The number of rotatable bonds is 0. The normalized spacial score (nSPS) is 29.9. The van der Waals surface area contributed by atoms with E-state index in [2.05, 4.69) is 42.3 Å². The molecule has 0 spiro atoms. The molecule has 1 saturated heterocycles. The Morgan fingerprint density at radius 2 is 2.00 bits per heavy atom. The molecule has 2 atom stereocenters. The summed E-state index contributed by atoms with van der Waals surface area (Å²) in [6, 6.07) is 8.30. The Balaban J connectivity index is 2.20. The Bertz CT molecular complexity index is 467. The minimum Gasteiger partial charge on any atom is -0.338 e. The van der Waals surface area contributed by atoms with Gasteiger partial charge in [-0.1, -0.05) is 32.0 Å². The fraction of sp³-hybridized carbons (Fsp3) is 0.462. The van der Waals surface area contributed by atoms with Crippen LogP contribution in [0.2, 0.25) is 0 Å². The highest BCUT2D eigenvalue weighted by Gasteiger charge is 2.52. The molecule has 0 aliphatic carbocycles. The van der Waals surface area contributed by atoms with E-state index in [4.69, 9.17) is 0 Å². The molecule has 84 valence electrons. The molecular weight excluding hydrogens is 200 g/mol. The second-order valence-electron chi connectivity index (χ2n) is 5.23. The fourth-order valence-electron chi connectivity index (χ4n) is 2.94. The third kappa shape index (κ3) is 0.958. The molecule has 0 radical (unpaired) electrons. The Kier molecular flexibility index (Phi) is 1.69. The number of anilines is 1. The molecule has 0 aromatic heterocycles. The van der Waals surface area contributed by atoms with Crippen molar-refractivity contribution in [1.82, 2.24) is 5.32 Å². The van der Waals surface area contributed by atoms with Gasteiger partial charge in [0.2, 0.25) is 5.91 Å². The molecule has 2 heterocycles. The van der Waals surface area contributed by atoms with Crippen LogP contribution in [-0.4, -0.2) is 18.1 Å². The molecule has 1 N–H and O–H groups in total. The van der Waals surface area contributed by atoms with Crippen LogP contribution in [0, 0.1) is 0 Å². The molecule has 1 aromatic rings. The monoisotopic (exact) mass is 216 g/mol. The van der Waals surface area contributed by atoms with Crippen molar-refractivity contribution in [3.8, 4) is 0 Å². The van der Waals surface area contributed by atoms with Crippen LogP contribution in [0.5, 0.6) is 0 Å². The molecule has 3 rings (SSSR count). The highest BCUT2D eigenvalue weighted by molar-refractivity contribution is 5.91. The fourth-order valence-corrected chi connectivity index (χ4v) is 2.94. The van der Waals surface area contributed by atoms with Crippen molar-refractivity contribution >= 4 is 11.6 Å². The molecule has 0 bridgehead atoms. The Morgan fingerprint density at radius 1 is 1.31 bits per heavy atom. The standard InChI is InChI=1S/C13H16N2O/c1-8-11(16)14-12-13(2,3)9-6-4-5-7-10(9)15(8)12/h4-8,12H,1-3H3,(H,14,16). The van der Waals surface area contributed by atoms with Crippen LogP contribution in [0.15, 0.2) is 24.3 Å². The first-order valence-corrected chi connectivity index (χ1v) is 5.71. The summed E-state index contributed by atoms with van der Waals surface area (Å²) in [5, 5.41) is 3.09. The minimum atomic E-state index is -0.0621. The number of nitrogens with zero attached hydrogens (tertiary/aromatic N) is 1. The van der Waals surface area contributed by atoms with Gasteiger partial charge in [0.15, 0.2) is 0 Å². The van der Waals surface area contributed by atoms with E-state index >= 15 is 0 Å². The van der Waals surface area contributed by atoms with Gasteiger partial charge in [-0.2, -0.15) is 0 Å². The van der Waals surface area contributed by atoms with E-state index in [-0.39, 0.29) is 23.5 Å². The van der Waals surface area contributed by atoms with Crippen LogP contribution in [0.1, 0.15) is 26.3 Å². The predicted octanol–water partition coefficient (Wildman–Crippen LogP) is 1.63. The molecule has 0 saturated carbocycles. The first-order chi connectivity index (χ1) is 7.53. The van der Waals surface area contributed by atoms with Gasteiger partial charge >= 0.3 is 0 Å². The lowest BCUT2D eigenvalue weighted by atomic mass is 9.84. The van der Waals surface area contributed by atoms with Crippen molar-refractivity contribution in [1.29, 1.82) is 0 Å². The summed E-state index contributed by atoms with van der Waals surface area (Å²) in [7, 11) is 0. The van der Waals surface area contributed by atoms with Gasteiger partial charge < -0.3 is 10.2 Å². The van der Waals surface area contributed by atoms with E-state index in [0.717, 1.165) is 0 Å². The summed E-state index contributed by atoms with van der Waals surface area (Å²) in [4.78, 5) is 13.9. The highest BCUT2D eigenvalue weighted by atomic mass is 16.2. The van der Waals surface area contributed by atoms with Gasteiger partial charge in [-0.25, -0.2) is 0 Å². The SMILES string of the molecule is CC1C(=O)NC2N1c1ccccc1C2(C)C. The molecule has 3 heteroatoms. The smallest absolute Gasteiger partial charge is 0.244 e. The zero-order valence-corrected chi connectivity index (χ0v) is 9.82. The van der Waals surface area contributed by atoms with Gasteiger partial charge in [-0.05, 0) is 18.6 Å². The topological polar surface area (TPSA) is 32.3 Å². The quantitative estimate of drug-likeness (QED) is 0.715. The molecule has 1 fully saturated rings. The number of carbonyl (C=O) groups is 1. The maximum absolute atomic E-state index is 11.7. The Hall–Kier alpha value is -1.51. The molecule has 2 unspecified atom stereocenters. The zero-order valence-electron chi connectivity index (χ0n) is 9.82. The van der Waals surface area contributed by atoms with Gasteiger partial charge in [0.25, 0.3) is 0 Å². The van der Waals surface area contributed by atoms with Crippen LogP contribution < -0.4 is 10.2 Å². The van der Waals surface area contributed by atoms with Gasteiger partial charge in [0, 0.05) is 11.1 Å². The lowest BCUT2D eigenvalue weighted by Crippen LogP contribution is -2.45. The number of carbonyl (C=O) groups excluding carboxylic acids is 1. The van der Waals surface area contributed by atoms with E-state index in [0.29, 0.717) is 0 Å². The van der Waals surface area contributed by atoms with Crippen molar-refractivity contribution in [3.05, 3.63) is 29.8 Å². The van der Waals surface area contributed by atoms with E-state index in [9.17, 15) is 4.79 Å². The third-order valence-electron chi connectivity index (χ3n) is 3.91. The van der Waals surface area contributed by atoms with Crippen LogP contribution in [0.4, 0.5) is 5.69 Å². The lowest BCUT2D eigenvalue weighted by molar-refractivity contribution is -0.120. The van der Waals surface area contributed by atoms with Crippen molar-refractivity contribution in [2.45, 2.75) is 38.4 Å². The number of amides is 1. The second kappa shape index (κ2) is 2.78. The summed E-state index contributed by atoms with van der Waals surface area (Å²) < 4.78 is 0.